The molecule has 0 aliphatic heterocycles. The van der Waals surface area contributed by atoms with Crippen LogP contribution in [0.4, 0.5) is 0 Å². The number of rotatable bonds is 5. The van der Waals surface area contributed by atoms with Gasteiger partial charge in [-0.05, 0) is 24.1 Å². The van der Waals surface area contributed by atoms with Crippen molar-refractivity contribution >= 4 is 6.08 Å². The average Bonchev–Trinajstić information content (AvgIpc) is 2.19. The molecule has 1 aromatic carbocycles. The Morgan fingerprint density at radius 2 is 2.15 bits per heavy atom. The van der Waals surface area contributed by atoms with E-state index in [0.717, 1.165) is 13.1 Å². The maximum absolute atomic E-state index is 3.79. The van der Waals surface area contributed by atoms with E-state index in [4.69, 9.17) is 0 Å². The SMILES string of the molecule is C=Cc1ccccc1CNCCC. The minimum atomic E-state index is 0.941. The van der Waals surface area contributed by atoms with Gasteiger partial charge < -0.3 is 5.32 Å². The van der Waals surface area contributed by atoms with Crippen LogP contribution in [0.25, 0.3) is 6.08 Å². The van der Waals surface area contributed by atoms with Gasteiger partial charge in [0.05, 0.1) is 0 Å². The Labute approximate surface area is 80.5 Å². The maximum Gasteiger partial charge on any atom is 0.0211 e. The zero-order valence-corrected chi connectivity index (χ0v) is 8.22. The molecule has 0 atom stereocenters. The highest BCUT2D eigenvalue weighted by Gasteiger charge is 1.95. The van der Waals surface area contributed by atoms with Crippen LogP contribution in [-0.2, 0) is 6.54 Å². The molecule has 0 radical (unpaired) electrons. The average molecular weight is 175 g/mol. The van der Waals surface area contributed by atoms with Crippen LogP contribution >= 0.6 is 0 Å². The Bertz CT molecular complexity index is 266. The summed E-state index contributed by atoms with van der Waals surface area (Å²) in [7, 11) is 0. The first-order valence-electron chi connectivity index (χ1n) is 4.79. The zero-order chi connectivity index (χ0) is 9.52. The van der Waals surface area contributed by atoms with E-state index in [1.165, 1.54) is 17.5 Å². The normalized spacial score (nSPS) is 9.92. The van der Waals surface area contributed by atoms with Crippen molar-refractivity contribution in [2.75, 3.05) is 6.54 Å². The lowest BCUT2D eigenvalue weighted by Crippen LogP contribution is -2.14. The van der Waals surface area contributed by atoms with Crippen LogP contribution < -0.4 is 5.32 Å². The van der Waals surface area contributed by atoms with Gasteiger partial charge in [-0.15, -0.1) is 0 Å². The Morgan fingerprint density at radius 3 is 2.85 bits per heavy atom. The van der Waals surface area contributed by atoms with E-state index in [2.05, 4.69) is 37.0 Å². The van der Waals surface area contributed by atoms with Gasteiger partial charge in [-0.1, -0.05) is 43.8 Å². The van der Waals surface area contributed by atoms with Crippen LogP contribution in [0.3, 0.4) is 0 Å². The molecule has 1 heteroatoms. The molecule has 1 nitrogen and oxygen atoms in total. The van der Waals surface area contributed by atoms with Gasteiger partial charge in [0.1, 0.15) is 0 Å². The number of hydrogen-bond donors (Lipinski definition) is 1. The molecule has 1 aromatic rings. The van der Waals surface area contributed by atoms with Crippen molar-refractivity contribution in [3.8, 4) is 0 Å². The number of benzene rings is 1. The second-order valence-electron chi connectivity index (χ2n) is 3.08. The molecule has 0 saturated heterocycles. The van der Waals surface area contributed by atoms with Crippen LogP contribution in [0.5, 0.6) is 0 Å². The summed E-state index contributed by atoms with van der Waals surface area (Å²) < 4.78 is 0. The lowest BCUT2D eigenvalue weighted by atomic mass is 10.1. The van der Waals surface area contributed by atoms with Crippen molar-refractivity contribution < 1.29 is 0 Å². The molecule has 0 heterocycles. The minimum absolute atomic E-state index is 0.941. The van der Waals surface area contributed by atoms with Crippen molar-refractivity contribution in [1.29, 1.82) is 0 Å². The Hall–Kier alpha value is -1.08. The number of hydrogen-bond acceptors (Lipinski definition) is 1. The minimum Gasteiger partial charge on any atom is -0.313 e. The van der Waals surface area contributed by atoms with Gasteiger partial charge in [0.15, 0.2) is 0 Å². The standard InChI is InChI=1S/C12H17N/c1-3-9-13-10-12-8-6-5-7-11(12)4-2/h4-8,13H,2-3,9-10H2,1H3. The van der Waals surface area contributed by atoms with E-state index < -0.39 is 0 Å². The highest BCUT2D eigenvalue weighted by molar-refractivity contribution is 5.51. The van der Waals surface area contributed by atoms with Gasteiger partial charge in [-0.25, -0.2) is 0 Å². The van der Waals surface area contributed by atoms with Gasteiger partial charge in [0.25, 0.3) is 0 Å². The topological polar surface area (TPSA) is 12.0 Å². The van der Waals surface area contributed by atoms with Crippen molar-refractivity contribution in [3.63, 3.8) is 0 Å². The predicted octanol–water partition coefficient (Wildman–Crippen LogP) is 2.83. The zero-order valence-electron chi connectivity index (χ0n) is 8.22. The van der Waals surface area contributed by atoms with Crippen molar-refractivity contribution in [1.82, 2.24) is 5.32 Å². The molecule has 0 aromatic heterocycles. The summed E-state index contributed by atoms with van der Waals surface area (Å²) in [6.07, 6.45) is 3.08. The highest BCUT2D eigenvalue weighted by Crippen LogP contribution is 2.09. The molecule has 0 bridgehead atoms. The lowest BCUT2D eigenvalue weighted by molar-refractivity contribution is 0.675. The van der Waals surface area contributed by atoms with Gasteiger partial charge in [-0.3, -0.25) is 0 Å². The largest absolute Gasteiger partial charge is 0.313 e. The summed E-state index contributed by atoms with van der Waals surface area (Å²) in [6, 6.07) is 8.34. The van der Waals surface area contributed by atoms with Crippen LogP contribution in [0.1, 0.15) is 24.5 Å². The molecular formula is C12H17N. The van der Waals surface area contributed by atoms with Crippen molar-refractivity contribution in [2.45, 2.75) is 19.9 Å². The van der Waals surface area contributed by atoms with Gasteiger partial charge >= 0.3 is 0 Å². The summed E-state index contributed by atoms with van der Waals surface area (Å²) in [5.41, 5.74) is 2.55. The molecule has 0 saturated carbocycles. The summed E-state index contributed by atoms with van der Waals surface area (Å²) in [5.74, 6) is 0. The fourth-order valence-corrected chi connectivity index (χ4v) is 1.29. The Kier molecular flexibility index (Phi) is 4.27. The van der Waals surface area contributed by atoms with Gasteiger partial charge in [0, 0.05) is 6.54 Å². The van der Waals surface area contributed by atoms with Gasteiger partial charge in [0.2, 0.25) is 0 Å². The fourth-order valence-electron chi connectivity index (χ4n) is 1.29. The van der Waals surface area contributed by atoms with E-state index in [1.54, 1.807) is 0 Å². The Balaban J connectivity index is 2.59. The lowest BCUT2D eigenvalue weighted by Gasteiger charge is -2.06. The molecule has 1 rings (SSSR count). The van der Waals surface area contributed by atoms with E-state index in [1.807, 2.05) is 12.1 Å². The fraction of sp³-hybridized carbons (Fsp3) is 0.333. The maximum atomic E-state index is 3.79. The molecule has 0 amide bonds. The second-order valence-corrected chi connectivity index (χ2v) is 3.08. The van der Waals surface area contributed by atoms with E-state index in [9.17, 15) is 0 Å². The smallest absolute Gasteiger partial charge is 0.0211 e. The van der Waals surface area contributed by atoms with Crippen LogP contribution in [0.2, 0.25) is 0 Å². The molecule has 70 valence electrons. The first-order chi connectivity index (χ1) is 6.38. The third-order valence-corrected chi connectivity index (χ3v) is 2.02. The molecule has 0 aliphatic carbocycles. The highest BCUT2D eigenvalue weighted by atomic mass is 14.8. The summed E-state index contributed by atoms with van der Waals surface area (Å²) in [6.45, 7) is 7.98. The first-order valence-corrected chi connectivity index (χ1v) is 4.79. The molecule has 1 N–H and O–H groups in total. The quantitative estimate of drug-likeness (QED) is 0.678. The van der Waals surface area contributed by atoms with Gasteiger partial charge in [-0.2, -0.15) is 0 Å². The monoisotopic (exact) mass is 175 g/mol. The molecule has 0 aliphatic rings. The molecular weight excluding hydrogens is 158 g/mol. The predicted molar refractivity (Wildman–Crippen MR) is 58.5 cm³/mol. The van der Waals surface area contributed by atoms with Crippen LogP contribution in [-0.4, -0.2) is 6.54 Å². The van der Waals surface area contributed by atoms with E-state index >= 15 is 0 Å². The number of nitrogens with one attached hydrogen (secondary N) is 1. The third-order valence-electron chi connectivity index (χ3n) is 2.02. The second kappa shape index (κ2) is 5.55. The van der Waals surface area contributed by atoms with E-state index in [0.29, 0.717) is 0 Å². The first kappa shape index (κ1) is 10.0. The van der Waals surface area contributed by atoms with Crippen LogP contribution in [0, 0.1) is 0 Å². The van der Waals surface area contributed by atoms with E-state index in [-0.39, 0.29) is 0 Å². The molecule has 0 unspecified atom stereocenters. The van der Waals surface area contributed by atoms with Crippen LogP contribution in [0.15, 0.2) is 30.8 Å². The van der Waals surface area contributed by atoms with Crippen molar-refractivity contribution in [2.24, 2.45) is 0 Å². The third kappa shape index (κ3) is 3.03. The summed E-state index contributed by atoms with van der Waals surface area (Å²) in [4.78, 5) is 0. The summed E-state index contributed by atoms with van der Waals surface area (Å²) in [5, 5.41) is 3.38. The summed E-state index contributed by atoms with van der Waals surface area (Å²) >= 11 is 0. The molecule has 13 heavy (non-hydrogen) atoms. The molecule has 0 spiro atoms. The van der Waals surface area contributed by atoms with Crippen molar-refractivity contribution in [3.05, 3.63) is 42.0 Å². The Morgan fingerprint density at radius 1 is 1.38 bits per heavy atom. The molecule has 0 fully saturated rings.